The Labute approximate surface area is 114 Å². The Morgan fingerprint density at radius 2 is 2.05 bits per heavy atom. The zero-order chi connectivity index (χ0) is 13.7. The predicted octanol–water partition coefficient (Wildman–Crippen LogP) is 2.44. The van der Waals surface area contributed by atoms with Crippen LogP contribution >= 0.6 is 0 Å². The fourth-order valence-corrected chi connectivity index (χ4v) is 2.11. The molecule has 2 aromatic rings. The van der Waals surface area contributed by atoms with Crippen LogP contribution < -0.4 is 10.6 Å². The topological polar surface area (TPSA) is 55.0 Å². The second-order valence-corrected chi connectivity index (χ2v) is 5.21. The van der Waals surface area contributed by atoms with Gasteiger partial charge in [0.05, 0.1) is 5.52 Å². The Kier molecular flexibility index (Phi) is 4.68. The summed E-state index contributed by atoms with van der Waals surface area (Å²) < 4.78 is 0. The number of nitrogens with two attached hydrogens (primary N) is 1. The van der Waals surface area contributed by atoms with E-state index in [1.807, 2.05) is 30.5 Å². The Bertz CT molecular complexity index is 524. The summed E-state index contributed by atoms with van der Waals surface area (Å²) in [6.45, 7) is 6.97. The van der Waals surface area contributed by atoms with Crippen molar-refractivity contribution in [1.29, 1.82) is 0 Å². The normalized spacial score (nSPS) is 11.2. The molecule has 0 aliphatic heterocycles. The second kappa shape index (κ2) is 6.48. The summed E-state index contributed by atoms with van der Waals surface area (Å²) in [5.74, 6) is 1.38. The lowest BCUT2D eigenvalue weighted by atomic mass is 10.2. The molecule has 0 unspecified atom stereocenters. The molecule has 0 saturated heterocycles. The number of aromatic nitrogens is 2. The molecule has 0 atom stereocenters. The van der Waals surface area contributed by atoms with Crippen LogP contribution in [0, 0.1) is 5.92 Å². The van der Waals surface area contributed by atoms with E-state index in [2.05, 4.69) is 28.7 Å². The number of hydrogen-bond donors (Lipinski definition) is 1. The number of rotatable bonds is 6. The number of hydrogen-bond acceptors (Lipinski definition) is 4. The highest BCUT2D eigenvalue weighted by Crippen LogP contribution is 2.16. The molecular formula is C15H22N4. The molecule has 102 valence electrons. The van der Waals surface area contributed by atoms with Crippen LogP contribution in [-0.4, -0.2) is 29.6 Å². The van der Waals surface area contributed by atoms with Crippen LogP contribution in [0.15, 0.2) is 30.5 Å². The molecule has 0 spiro atoms. The summed E-state index contributed by atoms with van der Waals surface area (Å²) >= 11 is 0. The van der Waals surface area contributed by atoms with Gasteiger partial charge in [0.1, 0.15) is 0 Å². The molecule has 0 saturated carbocycles. The molecule has 19 heavy (non-hydrogen) atoms. The highest BCUT2D eigenvalue weighted by atomic mass is 15.2. The van der Waals surface area contributed by atoms with Crippen molar-refractivity contribution in [3.63, 3.8) is 0 Å². The first-order valence-electron chi connectivity index (χ1n) is 6.87. The van der Waals surface area contributed by atoms with Gasteiger partial charge in [0.2, 0.25) is 5.95 Å². The van der Waals surface area contributed by atoms with Gasteiger partial charge in [-0.3, -0.25) is 0 Å². The van der Waals surface area contributed by atoms with Crippen LogP contribution in [0.4, 0.5) is 5.95 Å². The predicted molar refractivity (Wildman–Crippen MR) is 80.3 cm³/mol. The van der Waals surface area contributed by atoms with E-state index in [1.54, 1.807) is 0 Å². The maximum atomic E-state index is 5.61. The lowest BCUT2D eigenvalue weighted by molar-refractivity contribution is 0.592. The summed E-state index contributed by atoms with van der Waals surface area (Å²) in [5.41, 5.74) is 6.60. The van der Waals surface area contributed by atoms with Crippen LogP contribution in [0.25, 0.3) is 10.9 Å². The van der Waals surface area contributed by atoms with Crippen molar-refractivity contribution in [3.05, 3.63) is 30.5 Å². The van der Waals surface area contributed by atoms with Crippen LogP contribution in [0.2, 0.25) is 0 Å². The summed E-state index contributed by atoms with van der Waals surface area (Å²) in [6, 6.07) is 8.07. The fraction of sp³-hybridized carbons (Fsp3) is 0.467. The minimum absolute atomic E-state index is 0.577. The lowest BCUT2D eigenvalue weighted by Crippen LogP contribution is -2.31. The molecule has 4 nitrogen and oxygen atoms in total. The lowest BCUT2D eigenvalue weighted by Gasteiger charge is -2.24. The van der Waals surface area contributed by atoms with E-state index in [0.29, 0.717) is 12.5 Å². The van der Waals surface area contributed by atoms with Crippen LogP contribution in [0.3, 0.4) is 0 Å². The Morgan fingerprint density at radius 1 is 1.26 bits per heavy atom. The number of anilines is 1. The molecule has 0 aliphatic carbocycles. The first kappa shape index (κ1) is 13.7. The fourth-order valence-electron chi connectivity index (χ4n) is 2.11. The highest BCUT2D eigenvalue weighted by Gasteiger charge is 2.11. The molecule has 0 aliphatic rings. The zero-order valence-electron chi connectivity index (χ0n) is 11.7. The number of para-hydroxylation sites is 1. The molecular weight excluding hydrogens is 236 g/mol. The van der Waals surface area contributed by atoms with Crippen molar-refractivity contribution in [1.82, 2.24) is 9.97 Å². The summed E-state index contributed by atoms with van der Waals surface area (Å²) in [5, 5.41) is 1.08. The molecule has 0 amide bonds. The van der Waals surface area contributed by atoms with E-state index < -0.39 is 0 Å². The van der Waals surface area contributed by atoms with Gasteiger partial charge in [-0.1, -0.05) is 32.0 Å². The zero-order valence-corrected chi connectivity index (χ0v) is 11.7. The van der Waals surface area contributed by atoms with E-state index in [4.69, 9.17) is 5.73 Å². The first-order valence-corrected chi connectivity index (χ1v) is 6.87. The SMILES string of the molecule is CC(C)CN(CCCN)c1ncc2ccccc2n1. The van der Waals surface area contributed by atoms with Crippen LogP contribution in [-0.2, 0) is 0 Å². The average Bonchev–Trinajstić information content (AvgIpc) is 2.42. The molecule has 0 radical (unpaired) electrons. The smallest absolute Gasteiger partial charge is 0.225 e. The molecule has 1 aromatic heterocycles. The van der Waals surface area contributed by atoms with E-state index in [0.717, 1.165) is 36.4 Å². The van der Waals surface area contributed by atoms with Gasteiger partial charge in [-0.2, -0.15) is 0 Å². The second-order valence-electron chi connectivity index (χ2n) is 5.21. The molecule has 2 N–H and O–H groups in total. The monoisotopic (exact) mass is 258 g/mol. The Morgan fingerprint density at radius 3 is 2.79 bits per heavy atom. The number of benzene rings is 1. The third-order valence-corrected chi connectivity index (χ3v) is 2.98. The van der Waals surface area contributed by atoms with E-state index >= 15 is 0 Å². The van der Waals surface area contributed by atoms with Gasteiger partial charge in [-0.15, -0.1) is 0 Å². The van der Waals surface area contributed by atoms with Crippen molar-refractivity contribution in [3.8, 4) is 0 Å². The van der Waals surface area contributed by atoms with Gasteiger partial charge >= 0.3 is 0 Å². The van der Waals surface area contributed by atoms with E-state index in [9.17, 15) is 0 Å². The van der Waals surface area contributed by atoms with Crippen molar-refractivity contribution in [2.45, 2.75) is 20.3 Å². The van der Waals surface area contributed by atoms with Crippen molar-refractivity contribution in [2.24, 2.45) is 11.7 Å². The van der Waals surface area contributed by atoms with Gasteiger partial charge in [0.15, 0.2) is 0 Å². The minimum Gasteiger partial charge on any atom is -0.341 e. The average molecular weight is 258 g/mol. The number of nitrogens with zero attached hydrogens (tertiary/aromatic N) is 3. The third kappa shape index (κ3) is 3.64. The molecule has 0 bridgehead atoms. The first-order chi connectivity index (χ1) is 9.20. The molecule has 1 aromatic carbocycles. The van der Waals surface area contributed by atoms with Crippen molar-refractivity contribution in [2.75, 3.05) is 24.5 Å². The van der Waals surface area contributed by atoms with Gasteiger partial charge < -0.3 is 10.6 Å². The standard InChI is InChI=1S/C15H22N4/c1-12(2)11-19(9-5-8-16)15-17-10-13-6-3-4-7-14(13)18-15/h3-4,6-7,10,12H,5,8-9,11,16H2,1-2H3. The van der Waals surface area contributed by atoms with Gasteiger partial charge in [-0.05, 0) is 24.9 Å². The Hall–Kier alpha value is -1.68. The number of fused-ring (bicyclic) bond motifs is 1. The van der Waals surface area contributed by atoms with Crippen molar-refractivity contribution >= 4 is 16.9 Å². The summed E-state index contributed by atoms with van der Waals surface area (Å²) in [6.07, 6.45) is 2.86. The molecule has 4 heteroatoms. The molecule has 2 rings (SSSR count). The Balaban J connectivity index is 2.26. The molecule has 1 heterocycles. The maximum absolute atomic E-state index is 5.61. The third-order valence-electron chi connectivity index (χ3n) is 2.98. The van der Waals surface area contributed by atoms with Crippen LogP contribution in [0.5, 0.6) is 0 Å². The van der Waals surface area contributed by atoms with Gasteiger partial charge in [-0.25, -0.2) is 9.97 Å². The van der Waals surface area contributed by atoms with Gasteiger partial charge in [0, 0.05) is 24.7 Å². The summed E-state index contributed by atoms with van der Waals surface area (Å²) in [7, 11) is 0. The molecule has 0 fully saturated rings. The van der Waals surface area contributed by atoms with Gasteiger partial charge in [0.25, 0.3) is 0 Å². The largest absolute Gasteiger partial charge is 0.341 e. The minimum atomic E-state index is 0.577. The summed E-state index contributed by atoms with van der Waals surface area (Å²) in [4.78, 5) is 11.4. The van der Waals surface area contributed by atoms with Crippen molar-refractivity contribution < 1.29 is 0 Å². The highest BCUT2D eigenvalue weighted by molar-refractivity contribution is 5.78. The quantitative estimate of drug-likeness (QED) is 0.864. The maximum Gasteiger partial charge on any atom is 0.225 e. The van der Waals surface area contributed by atoms with Crippen LogP contribution in [0.1, 0.15) is 20.3 Å². The van der Waals surface area contributed by atoms with E-state index in [1.165, 1.54) is 0 Å². The van der Waals surface area contributed by atoms with E-state index in [-0.39, 0.29) is 0 Å².